The minimum atomic E-state index is -0.402. The molecule has 20 heavy (non-hydrogen) atoms. The van der Waals surface area contributed by atoms with E-state index in [1.807, 2.05) is 38.1 Å². The molecule has 0 aromatic heterocycles. The van der Waals surface area contributed by atoms with Crippen molar-refractivity contribution in [3.8, 4) is 5.75 Å². The summed E-state index contributed by atoms with van der Waals surface area (Å²) >= 11 is 0. The number of rotatable bonds is 4. The van der Waals surface area contributed by atoms with Crippen LogP contribution < -0.4 is 4.74 Å². The molecule has 1 aromatic rings. The Labute approximate surface area is 123 Å². The van der Waals surface area contributed by atoms with E-state index in [2.05, 4.69) is 13.8 Å². The molecule has 2 rings (SSSR count). The highest BCUT2D eigenvalue weighted by atomic mass is 16.5. The highest BCUT2D eigenvalue weighted by Crippen LogP contribution is 2.44. The van der Waals surface area contributed by atoms with Crippen molar-refractivity contribution in [2.24, 2.45) is 11.3 Å². The van der Waals surface area contributed by atoms with Gasteiger partial charge in [0, 0.05) is 5.56 Å². The Kier molecular flexibility index (Phi) is 4.74. The predicted molar refractivity (Wildman–Crippen MR) is 82.9 cm³/mol. The molecule has 2 heteroatoms. The standard InChI is InChI=1S/C18H28O2/c1-13(2)20-16-8-6-5-7-15(16)17(19)14-9-11-18(3,4)12-10-14/h5-8,13-14,17,19H,9-12H2,1-4H3. The minimum Gasteiger partial charge on any atom is -0.491 e. The Balaban J connectivity index is 2.11. The Morgan fingerprint density at radius 2 is 1.75 bits per heavy atom. The third-order valence-corrected chi connectivity index (χ3v) is 4.43. The number of hydrogen-bond donors (Lipinski definition) is 1. The molecule has 1 aliphatic rings. The van der Waals surface area contributed by atoms with Crippen molar-refractivity contribution in [1.29, 1.82) is 0 Å². The van der Waals surface area contributed by atoms with Crippen LogP contribution in [-0.2, 0) is 0 Å². The summed E-state index contributed by atoms with van der Waals surface area (Å²) in [6.45, 7) is 8.69. The number of hydrogen-bond acceptors (Lipinski definition) is 2. The second-order valence-corrected chi connectivity index (χ2v) is 7.15. The van der Waals surface area contributed by atoms with Gasteiger partial charge in [0.25, 0.3) is 0 Å². The quantitative estimate of drug-likeness (QED) is 0.862. The molecular formula is C18H28O2. The third kappa shape index (κ3) is 3.76. The van der Waals surface area contributed by atoms with E-state index in [1.165, 1.54) is 12.8 Å². The monoisotopic (exact) mass is 276 g/mol. The van der Waals surface area contributed by atoms with Gasteiger partial charge in [-0.05, 0) is 56.9 Å². The Bertz CT molecular complexity index is 427. The molecular weight excluding hydrogens is 248 g/mol. The van der Waals surface area contributed by atoms with Gasteiger partial charge in [-0.2, -0.15) is 0 Å². The third-order valence-electron chi connectivity index (χ3n) is 4.43. The second kappa shape index (κ2) is 6.17. The first-order valence-electron chi connectivity index (χ1n) is 7.83. The fourth-order valence-electron chi connectivity index (χ4n) is 3.08. The highest BCUT2D eigenvalue weighted by Gasteiger charge is 2.32. The zero-order valence-corrected chi connectivity index (χ0v) is 13.2. The van der Waals surface area contributed by atoms with Crippen molar-refractivity contribution < 1.29 is 9.84 Å². The predicted octanol–water partition coefficient (Wildman–Crippen LogP) is 4.72. The molecule has 0 radical (unpaired) electrons. The topological polar surface area (TPSA) is 29.5 Å². The highest BCUT2D eigenvalue weighted by molar-refractivity contribution is 5.35. The molecule has 1 aliphatic carbocycles. The maximum absolute atomic E-state index is 10.7. The zero-order valence-electron chi connectivity index (χ0n) is 13.2. The smallest absolute Gasteiger partial charge is 0.125 e. The van der Waals surface area contributed by atoms with Crippen LogP contribution in [0.25, 0.3) is 0 Å². The number of aliphatic hydroxyl groups is 1. The summed E-state index contributed by atoms with van der Waals surface area (Å²) in [7, 11) is 0. The van der Waals surface area contributed by atoms with Gasteiger partial charge in [-0.1, -0.05) is 32.0 Å². The molecule has 112 valence electrons. The Morgan fingerprint density at radius 3 is 2.35 bits per heavy atom. The van der Waals surface area contributed by atoms with Crippen LogP contribution in [-0.4, -0.2) is 11.2 Å². The van der Waals surface area contributed by atoms with E-state index in [1.54, 1.807) is 0 Å². The Hall–Kier alpha value is -1.02. The van der Waals surface area contributed by atoms with Crippen molar-refractivity contribution in [3.63, 3.8) is 0 Å². The van der Waals surface area contributed by atoms with Gasteiger partial charge in [0.1, 0.15) is 5.75 Å². The van der Waals surface area contributed by atoms with Gasteiger partial charge in [-0.15, -0.1) is 0 Å². The molecule has 0 saturated heterocycles. The van der Waals surface area contributed by atoms with Crippen LogP contribution in [0.2, 0.25) is 0 Å². The molecule has 2 nitrogen and oxygen atoms in total. The summed E-state index contributed by atoms with van der Waals surface area (Å²) < 4.78 is 5.84. The largest absolute Gasteiger partial charge is 0.491 e. The molecule has 1 aromatic carbocycles. The van der Waals surface area contributed by atoms with Gasteiger partial charge < -0.3 is 9.84 Å². The zero-order chi connectivity index (χ0) is 14.8. The summed E-state index contributed by atoms with van der Waals surface area (Å²) in [4.78, 5) is 0. The fraction of sp³-hybridized carbons (Fsp3) is 0.667. The van der Waals surface area contributed by atoms with Crippen molar-refractivity contribution in [2.75, 3.05) is 0 Å². The summed E-state index contributed by atoms with van der Waals surface area (Å²) in [6, 6.07) is 7.92. The van der Waals surface area contributed by atoms with Crippen LogP contribution in [0.3, 0.4) is 0 Å². The normalized spacial score (nSPS) is 20.9. The minimum absolute atomic E-state index is 0.133. The first-order valence-corrected chi connectivity index (χ1v) is 7.83. The molecule has 1 fully saturated rings. The van der Waals surface area contributed by atoms with E-state index >= 15 is 0 Å². The molecule has 1 N–H and O–H groups in total. The summed E-state index contributed by atoms with van der Waals surface area (Å²) in [5.74, 6) is 1.19. The summed E-state index contributed by atoms with van der Waals surface area (Å²) in [5.41, 5.74) is 1.38. The van der Waals surface area contributed by atoms with Gasteiger partial charge in [0.15, 0.2) is 0 Å². The van der Waals surface area contributed by atoms with Crippen LogP contribution in [0.15, 0.2) is 24.3 Å². The van der Waals surface area contributed by atoms with Crippen LogP contribution in [0.5, 0.6) is 5.75 Å². The lowest BCUT2D eigenvalue weighted by Crippen LogP contribution is -2.25. The van der Waals surface area contributed by atoms with E-state index in [0.29, 0.717) is 11.3 Å². The Morgan fingerprint density at radius 1 is 1.15 bits per heavy atom. The lowest BCUT2D eigenvalue weighted by atomic mass is 9.71. The molecule has 1 atom stereocenters. The van der Waals surface area contributed by atoms with E-state index in [4.69, 9.17) is 4.74 Å². The maximum Gasteiger partial charge on any atom is 0.125 e. The van der Waals surface area contributed by atoms with Crippen molar-refractivity contribution in [1.82, 2.24) is 0 Å². The molecule has 0 amide bonds. The fourth-order valence-corrected chi connectivity index (χ4v) is 3.08. The van der Waals surface area contributed by atoms with Gasteiger partial charge in [0.05, 0.1) is 12.2 Å². The number of aliphatic hydroxyl groups excluding tert-OH is 1. The first kappa shape index (κ1) is 15.4. The molecule has 0 spiro atoms. The maximum atomic E-state index is 10.7. The number of ether oxygens (including phenoxy) is 1. The van der Waals surface area contributed by atoms with E-state index in [9.17, 15) is 5.11 Å². The molecule has 0 aliphatic heterocycles. The van der Waals surface area contributed by atoms with Crippen molar-refractivity contribution in [2.45, 2.75) is 65.6 Å². The molecule has 1 unspecified atom stereocenters. The van der Waals surface area contributed by atoms with Crippen molar-refractivity contribution in [3.05, 3.63) is 29.8 Å². The number of benzene rings is 1. The SMILES string of the molecule is CC(C)Oc1ccccc1C(O)C1CCC(C)(C)CC1. The lowest BCUT2D eigenvalue weighted by Gasteiger charge is -2.36. The van der Waals surface area contributed by atoms with Crippen LogP contribution in [0.4, 0.5) is 0 Å². The van der Waals surface area contributed by atoms with Crippen LogP contribution >= 0.6 is 0 Å². The van der Waals surface area contributed by atoms with E-state index < -0.39 is 6.10 Å². The van der Waals surface area contributed by atoms with Gasteiger partial charge in [-0.3, -0.25) is 0 Å². The van der Waals surface area contributed by atoms with E-state index in [-0.39, 0.29) is 6.10 Å². The first-order chi connectivity index (χ1) is 9.39. The average Bonchev–Trinajstić information content (AvgIpc) is 2.38. The molecule has 1 saturated carbocycles. The second-order valence-electron chi connectivity index (χ2n) is 7.15. The van der Waals surface area contributed by atoms with Gasteiger partial charge in [-0.25, -0.2) is 0 Å². The van der Waals surface area contributed by atoms with Crippen LogP contribution in [0, 0.1) is 11.3 Å². The van der Waals surface area contributed by atoms with Crippen molar-refractivity contribution >= 4 is 0 Å². The summed E-state index contributed by atoms with van der Waals surface area (Å²) in [6.07, 6.45) is 4.33. The lowest BCUT2D eigenvalue weighted by molar-refractivity contribution is 0.0538. The van der Waals surface area contributed by atoms with E-state index in [0.717, 1.165) is 24.2 Å². The van der Waals surface area contributed by atoms with Crippen LogP contribution in [0.1, 0.15) is 65.0 Å². The average molecular weight is 276 g/mol. The summed E-state index contributed by atoms with van der Waals surface area (Å²) in [5, 5.41) is 10.7. The molecule has 0 heterocycles. The number of para-hydroxylation sites is 1. The van der Waals surface area contributed by atoms with Gasteiger partial charge >= 0.3 is 0 Å². The van der Waals surface area contributed by atoms with Gasteiger partial charge in [0.2, 0.25) is 0 Å². The molecule has 0 bridgehead atoms.